The summed E-state index contributed by atoms with van der Waals surface area (Å²) in [5.74, 6) is 1.37. The van der Waals surface area contributed by atoms with Gasteiger partial charge in [0, 0.05) is 38.1 Å². The number of piperidine rings is 1. The fourth-order valence-electron chi connectivity index (χ4n) is 5.02. The lowest BCUT2D eigenvalue weighted by molar-refractivity contribution is -0.140. The van der Waals surface area contributed by atoms with E-state index < -0.39 is 10.0 Å². The van der Waals surface area contributed by atoms with Gasteiger partial charge in [0.25, 0.3) is 0 Å². The third-order valence-electron chi connectivity index (χ3n) is 6.55. The van der Waals surface area contributed by atoms with E-state index in [0.717, 1.165) is 38.5 Å². The zero-order valence-corrected chi connectivity index (χ0v) is 16.9. The van der Waals surface area contributed by atoms with Gasteiger partial charge in [-0.2, -0.15) is 0 Å². The average Bonchev–Trinajstić information content (AvgIpc) is 2.52. The summed E-state index contributed by atoms with van der Waals surface area (Å²) < 4.78 is 24.8. The highest BCUT2D eigenvalue weighted by Crippen LogP contribution is 2.42. The van der Waals surface area contributed by atoms with Gasteiger partial charge in [0.05, 0.1) is 6.26 Å². The minimum Gasteiger partial charge on any atom is -0.342 e. The molecule has 6 nitrogen and oxygen atoms in total. The van der Waals surface area contributed by atoms with E-state index in [2.05, 4.69) is 0 Å². The van der Waals surface area contributed by atoms with Crippen LogP contribution in [0.2, 0.25) is 0 Å². The molecule has 2 saturated carbocycles. The maximum Gasteiger partial charge on any atom is 0.225 e. The predicted molar refractivity (Wildman–Crippen MR) is 101 cm³/mol. The summed E-state index contributed by atoms with van der Waals surface area (Å²) in [6, 6.07) is 0.442. The van der Waals surface area contributed by atoms with E-state index in [0.29, 0.717) is 24.9 Å². The van der Waals surface area contributed by atoms with Gasteiger partial charge in [-0.1, -0.05) is 6.42 Å². The minimum absolute atomic E-state index is 0. The Hall–Kier alpha value is -0.370. The number of halogens is 1. The average molecular weight is 394 g/mol. The molecular formula is C17H32ClN3O3S. The van der Waals surface area contributed by atoms with Crippen molar-refractivity contribution < 1.29 is 13.2 Å². The van der Waals surface area contributed by atoms with Crippen molar-refractivity contribution >= 4 is 28.3 Å². The van der Waals surface area contributed by atoms with E-state index in [4.69, 9.17) is 5.73 Å². The lowest BCUT2D eigenvalue weighted by atomic mass is 9.65. The Morgan fingerprint density at radius 1 is 1.08 bits per heavy atom. The molecule has 8 heteroatoms. The molecule has 0 aromatic rings. The molecule has 3 rings (SSSR count). The molecule has 1 heterocycles. The maximum absolute atomic E-state index is 13.0. The van der Waals surface area contributed by atoms with Crippen LogP contribution in [-0.2, 0) is 14.8 Å². The van der Waals surface area contributed by atoms with Gasteiger partial charge in [-0.3, -0.25) is 4.79 Å². The number of carbonyl (C=O) groups excluding carboxylic acids is 1. The Kier molecular flexibility index (Phi) is 6.79. The van der Waals surface area contributed by atoms with Crippen molar-refractivity contribution in [1.29, 1.82) is 0 Å². The van der Waals surface area contributed by atoms with E-state index in [9.17, 15) is 13.2 Å². The largest absolute Gasteiger partial charge is 0.342 e. The predicted octanol–water partition coefficient (Wildman–Crippen LogP) is 1.44. The van der Waals surface area contributed by atoms with Crippen molar-refractivity contribution in [2.24, 2.45) is 23.5 Å². The van der Waals surface area contributed by atoms with E-state index in [1.54, 1.807) is 0 Å². The number of sulfonamides is 1. The lowest BCUT2D eigenvalue weighted by Crippen LogP contribution is -2.52. The first-order chi connectivity index (χ1) is 11.3. The summed E-state index contributed by atoms with van der Waals surface area (Å²) >= 11 is 0. The van der Waals surface area contributed by atoms with Gasteiger partial charge < -0.3 is 10.6 Å². The first-order valence-electron chi connectivity index (χ1n) is 9.24. The van der Waals surface area contributed by atoms with Gasteiger partial charge in [0.15, 0.2) is 0 Å². The fraction of sp³-hybridized carbons (Fsp3) is 0.941. The molecule has 0 radical (unpaired) electrons. The fourth-order valence-corrected chi connectivity index (χ4v) is 5.89. The van der Waals surface area contributed by atoms with Crippen molar-refractivity contribution in [2.45, 2.75) is 57.0 Å². The third-order valence-corrected chi connectivity index (χ3v) is 7.85. The Morgan fingerprint density at radius 2 is 1.60 bits per heavy atom. The molecular weight excluding hydrogens is 362 g/mol. The van der Waals surface area contributed by atoms with Crippen molar-refractivity contribution in [2.75, 3.05) is 26.4 Å². The zero-order valence-electron chi connectivity index (χ0n) is 15.3. The quantitative estimate of drug-likeness (QED) is 0.786. The Bertz CT molecular complexity index is 564. The number of rotatable bonds is 3. The van der Waals surface area contributed by atoms with Crippen LogP contribution in [-0.4, -0.2) is 62.0 Å². The molecule has 3 fully saturated rings. The summed E-state index contributed by atoms with van der Waals surface area (Å²) in [7, 11) is -1.22. The highest BCUT2D eigenvalue weighted by atomic mass is 35.5. The smallest absolute Gasteiger partial charge is 0.225 e. The SMILES string of the molecule is CN(C(=O)C1CC2CCCC(C1)C2N)C1CCN(S(C)(=O)=O)CC1.Cl. The molecule has 1 saturated heterocycles. The maximum atomic E-state index is 13.0. The van der Waals surface area contributed by atoms with Crippen LogP contribution in [0.25, 0.3) is 0 Å². The second kappa shape index (κ2) is 8.11. The molecule has 2 unspecified atom stereocenters. The van der Waals surface area contributed by atoms with Crippen LogP contribution >= 0.6 is 12.4 Å². The summed E-state index contributed by atoms with van der Waals surface area (Å²) in [5.41, 5.74) is 6.33. The number of amides is 1. The Balaban J connectivity index is 0.00000225. The first kappa shape index (κ1) is 20.9. The topological polar surface area (TPSA) is 83.7 Å². The Labute approximate surface area is 157 Å². The molecule has 0 aromatic heterocycles. The lowest BCUT2D eigenvalue weighted by Gasteiger charge is -2.45. The number of nitrogens with zero attached hydrogens (tertiary/aromatic N) is 2. The number of carbonyl (C=O) groups is 1. The molecule has 0 aromatic carbocycles. The minimum atomic E-state index is -3.12. The van der Waals surface area contributed by atoms with Crippen LogP contribution in [0, 0.1) is 17.8 Å². The second-order valence-corrected chi connectivity index (χ2v) is 10.0. The van der Waals surface area contributed by atoms with Crippen LogP contribution in [0.5, 0.6) is 0 Å². The van der Waals surface area contributed by atoms with Gasteiger partial charge >= 0.3 is 0 Å². The molecule has 1 amide bonds. The second-order valence-electron chi connectivity index (χ2n) is 8.04. The number of hydrogen-bond acceptors (Lipinski definition) is 4. The first-order valence-corrected chi connectivity index (χ1v) is 11.1. The van der Waals surface area contributed by atoms with Gasteiger partial charge in [-0.25, -0.2) is 12.7 Å². The number of hydrogen-bond donors (Lipinski definition) is 1. The molecule has 2 N–H and O–H groups in total. The van der Waals surface area contributed by atoms with E-state index in [1.807, 2.05) is 11.9 Å². The van der Waals surface area contributed by atoms with Crippen LogP contribution in [0.3, 0.4) is 0 Å². The van der Waals surface area contributed by atoms with Crippen LogP contribution in [0.4, 0.5) is 0 Å². The highest BCUT2D eigenvalue weighted by Gasteiger charge is 2.42. The summed E-state index contributed by atoms with van der Waals surface area (Å²) in [6.45, 7) is 1.03. The highest BCUT2D eigenvalue weighted by molar-refractivity contribution is 7.88. The standard InChI is InChI=1S/C17H31N3O3S.ClH/c1-19(15-6-8-20(9-7-15)24(2,22)23)17(21)14-10-12-4-3-5-13(11-14)16(12)18;/h12-16H,3-11,18H2,1-2H3;1H. The summed E-state index contributed by atoms with van der Waals surface area (Å²) in [5, 5.41) is 0. The van der Waals surface area contributed by atoms with Crippen molar-refractivity contribution in [3.8, 4) is 0 Å². The van der Waals surface area contributed by atoms with Gasteiger partial charge in [-0.05, 0) is 50.4 Å². The molecule has 1 aliphatic heterocycles. The molecule has 146 valence electrons. The van der Waals surface area contributed by atoms with Crippen molar-refractivity contribution in [1.82, 2.24) is 9.21 Å². The van der Waals surface area contributed by atoms with Gasteiger partial charge in [0.1, 0.15) is 0 Å². The van der Waals surface area contributed by atoms with Crippen molar-refractivity contribution in [3.05, 3.63) is 0 Å². The third kappa shape index (κ3) is 4.49. The van der Waals surface area contributed by atoms with Crippen LogP contribution in [0.1, 0.15) is 44.9 Å². The van der Waals surface area contributed by atoms with Crippen molar-refractivity contribution in [3.63, 3.8) is 0 Å². The van der Waals surface area contributed by atoms with Crippen LogP contribution < -0.4 is 5.73 Å². The molecule has 3 aliphatic rings. The molecule has 2 aliphatic carbocycles. The number of nitrogens with two attached hydrogens (primary N) is 1. The summed E-state index contributed by atoms with van der Waals surface area (Å²) in [6.07, 6.45) is 8.17. The Morgan fingerprint density at radius 3 is 2.08 bits per heavy atom. The molecule has 0 spiro atoms. The summed E-state index contributed by atoms with van der Waals surface area (Å²) in [4.78, 5) is 14.9. The molecule has 2 bridgehead atoms. The molecule has 25 heavy (non-hydrogen) atoms. The normalized spacial score (nSPS) is 34.2. The van der Waals surface area contributed by atoms with Crippen LogP contribution in [0.15, 0.2) is 0 Å². The van der Waals surface area contributed by atoms with Gasteiger partial charge in [-0.15, -0.1) is 12.4 Å². The van der Waals surface area contributed by atoms with E-state index in [1.165, 1.54) is 17.0 Å². The molecule has 2 atom stereocenters. The van der Waals surface area contributed by atoms with Gasteiger partial charge in [0.2, 0.25) is 15.9 Å². The monoisotopic (exact) mass is 393 g/mol. The van der Waals surface area contributed by atoms with E-state index in [-0.39, 0.29) is 36.3 Å². The zero-order chi connectivity index (χ0) is 17.5. The number of fused-ring (bicyclic) bond motifs is 2. The van der Waals surface area contributed by atoms with E-state index >= 15 is 0 Å².